The fourth-order valence-corrected chi connectivity index (χ4v) is 2.64. The number of Topliss-reactive ketones (excluding diaryl/α,β-unsaturated/α-hetero) is 1. The summed E-state index contributed by atoms with van der Waals surface area (Å²) >= 11 is 0. The second-order valence-corrected chi connectivity index (χ2v) is 6.39. The minimum absolute atomic E-state index is 0.141. The van der Waals surface area contributed by atoms with Gasteiger partial charge in [-0.25, -0.2) is 0 Å². The molecule has 136 valence electrons. The first-order valence-electron chi connectivity index (χ1n) is 8.65. The third kappa shape index (κ3) is 4.58. The molecule has 5 heteroatoms. The van der Waals surface area contributed by atoms with E-state index < -0.39 is 0 Å². The summed E-state index contributed by atoms with van der Waals surface area (Å²) in [5, 5.41) is 6.18. The summed E-state index contributed by atoms with van der Waals surface area (Å²) in [5.41, 5.74) is 2.13. The molecular weight excluding hydrogens is 338 g/mol. The number of allylic oxidation sites excluding steroid dienone is 2. The minimum atomic E-state index is -0.210. The van der Waals surface area contributed by atoms with Crippen molar-refractivity contribution < 1.29 is 9.59 Å². The van der Waals surface area contributed by atoms with Gasteiger partial charge in [-0.05, 0) is 18.2 Å². The van der Waals surface area contributed by atoms with Gasteiger partial charge < -0.3 is 4.90 Å². The summed E-state index contributed by atoms with van der Waals surface area (Å²) in [6.07, 6.45) is 4.79. The lowest BCUT2D eigenvalue weighted by molar-refractivity contribution is -0.111. The molecule has 1 aliphatic rings. The maximum Gasteiger partial charge on any atom is 0.213 e. The van der Waals surface area contributed by atoms with E-state index in [1.807, 2.05) is 50.5 Å². The number of ketones is 2. The number of para-hydroxylation sites is 1. The van der Waals surface area contributed by atoms with Gasteiger partial charge in [0.1, 0.15) is 5.71 Å². The Balaban J connectivity index is 1.97. The molecule has 0 radical (unpaired) electrons. The fourth-order valence-electron chi connectivity index (χ4n) is 2.64. The second-order valence-electron chi connectivity index (χ2n) is 6.39. The van der Waals surface area contributed by atoms with E-state index in [4.69, 9.17) is 0 Å². The number of nitrogens with zero attached hydrogens (tertiary/aromatic N) is 3. The first-order chi connectivity index (χ1) is 13.0. The first-order valence-corrected chi connectivity index (χ1v) is 8.65. The van der Waals surface area contributed by atoms with Crippen molar-refractivity contribution >= 4 is 23.0 Å². The molecule has 0 bridgehead atoms. The molecule has 1 aliphatic heterocycles. The number of anilines is 1. The zero-order valence-corrected chi connectivity index (χ0v) is 15.4. The molecule has 2 aromatic carbocycles. The van der Waals surface area contributed by atoms with Crippen LogP contribution >= 0.6 is 0 Å². The van der Waals surface area contributed by atoms with E-state index in [1.54, 1.807) is 46.5 Å². The Kier molecular flexibility index (Phi) is 5.61. The Labute approximate surface area is 158 Å². The average Bonchev–Trinajstić information content (AvgIpc) is 2.72. The van der Waals surface area contributed by atoms with Crippen LogP contribution in [-0.4, -0.2) is 42.8 Å². The van der Waals surface area contributed by atoms with Crippen molar-refractivity contribution in [2.45, 2.75) is 0 Å². The number of carbonyl (C=O) groups is 2. The lowest BCUT2D eigenvalue weighted by Crippen LogP contribution is -2.31. The normalized spacial score (nSPS) is 13.9. The van der Waals surface area contributed by atoms with Gasteiger partial charge in [-0.2, -0.15) is 5.10 Å². The van der Waals surface area contributed by atoms with Crippen LogP contribution in [0.3, 0.4) is 0 Å². The maximum atomic E-state index is 12.9. The Bertz CT molecular complexity index is 913. The van der Waals surface area contributed by atoms with Crippen LogP contribution in [-0.2, 0) is 4.79 Å². The molecule has 3 rings (SSSR count). The molecule has 0 fully saturated rings. The Morgan fingerprint density at radius 2 is 1.63 bits per heavy atom. The highest BCUT2D eigenvalue weighted by atomic mass is 16.1. The highest BCUT2D eigenvalue weighted by Gasteiger charge is 2.23. The van der Waals surface area contributed by atoms with Gasteiger partial charge in [0, 0.05) is 37.5 Å². The van der Waals surface area contributed by atoms with E-state index in [1.165, 1.54) is 6.08 Å². The number of benzene rings is 2. The zero-order valence-electron chi connectivity index (χ0n) is 15.4. The van der Waals surface area contributed by atoms with Crippen LogP contribution in [0.15, 0.2) is 89.7 Å². The lowest BCUT2D eigenvalue weighted by atomic mass is 10.0. The van der Waals surface area contributed by atoms with Crippen molar-refractivity contribution in [1.82, 2.24) is 4.90 Å². The SMILES string of the molecule is CN(C)/C=C/C(=O)C1=CC(C(=O)c2ccccc2)=NN(c2ccccc2)C1. The molecule has 0 aliphatic carbocycles. The Morgan fingerprint density at radius 1 is 1.00 bits per heavy atom. The van der Waals surface area contributed by atoms with Crippen molar-refractivity contribution in [1.29, 1.82) is 0 Å². The van der Waals surface area contributed by atoms with Crippen molar-refractivity contribution in [2.24, 2.45) is 5.10 Å². The summed E-state index contributed by atoms with van der Waals surface area (Å²) in [6.45, 7) is 0.312. The van der Waals surface area contributed by atoms with Crippen LogP contribution in [0.1, 0.15) is 10.4 Å². The smallest absolute Gasteiger partial charge is 0.213 e. The highest BCUT2D eigenvalue weighted by Crippen LogP contribution is 2.21. The quantitative estimate of drug-likeness (QED) is 0.586. The fraction of sp³-hybridized carbons (Fsp3) is 0.136. The first kappa shape index (κ1) is 18.3. The van der Waals surface area contributed by atoms with Crippen LogP contribution in [0.25, 0.3) is 0 Å². The average molecular weight is 359 g/mol. The topological polar surface area (TPSA) is 53.0 Å². The number of hydrogen-bond donors (Lipinski definition) is 0. The lowest BCUT2D eigenvalue weighted by Gasteiger charge is -2.24. The Morgan fingerprint density at radius 3 is 2.26 bits per heavy atom. The van der Waals surface area contributed by atoms with Crippen LogP contribution in [0.2, 0.25) is 0 Å². The molecule has 0 saturated carbocycles. The molecular formula is C22H21N3O2. The third-order valence-corrected chi connectivity index (χ3v) is 4.02. The Hall–Kier alpha value is -3.47. The van der Waals surface area contributed by atoms with Crippen molar-refractivity contribution in [3.8, 4) is 0 Å². The standard InChI is InChI=1S/C22H21N3O2/c1-24(2)14-13-21(26)18-15-20(22(27)17-9-5-3-6-10-17)23-25(16-18)19-11-7-4-8-12-19/h3-15H,16H2,1-2H3/b14-13+. The van der Waals surface area contributed by atoms with Gasteiger partial charge in [0.25, 0.3) is 0 Å². The number of rotatable bonds is 6. The number of carbonyl (C=O) groups excluding carboxylic acids is 2. The van der Waals surface area contributed by atoms with Gasteiger partial charge in [0.2, 0.25) is 5.78 Å². The van der Waals surface area contributed by atoms with Crippen LogP contribution in [0.4, 0.5) is 5.69 Å². The predicted octanol–water partition coefficient (Wildman–Crippen LogP) is 3.32. The van der Waals surface area contributed by atoms with E-state index in [0.29, 0.717) is 17.7 Å². The molecule has 0 aromatic heterocycles. The van der Waals surface area contributed by atoms with Gasteiger partial charge in [-0.3, -0.25) is 14.6 Å². The van der Waals surface area contributed by atoms with Crippen molar-refractivity contribution in [2.75, 3.05) is 25.6 Å². The van der Waals surface area contributed by atoms with Crippen LogP contribution in [0, 0.1) is 0 Å². The number of hydrogen-bond acceptors (Lipinski definition) is 5. The maximum absolute atomic E-state index is 12.9. The van der Waals surface area contributed by atoms with Crippen LogP contribution < -0.4 is 5.01 Å². The largest absolute Gasteiger partial charge is 0.383 e. The van der Waals surface area contributed by atoms with Gasteiger partial charge in [-0.1, -0.05) is 48.5 Å². The summed E-state index contributed by atoms with van der Waals surface area (Å²) in [5.74, 6) is -0.351. The molecule has 0 amide bonds. The molecule has 0 saturated heterocycles. The van der Waals surface area contributed by atoms with Crippen molar-refractivity contribution in [3.63, 3.8) is 0 Å². The molecule has 0 spiro atoms. The molecule has 0 N–H and O–H groups in total. The highest BCUT2D eigenvalue weighted by molar-refractivity contribution is 6.50. The van der Waals surface area contributed by atoms with Crippen LogP contribution in [0.5, 0.6) is 0 Å². The molecule has 27 heavy (non-hydrogen) atoms. The second kappa shape index (κ2) is 8.27. The molecule has 1 heterocycles. The van der Waals surface area contributed by atoms with E-state index in [2.05, 4.69) is 5.10 Å². The van der Waals surface area contributed by atoms with E-state index >= 15 is 0 Å². The van der Waals surface area contributed by atoms with Gasteiger partial charge in [0.05, 0.1) is 12.2 Å². The molecule has 2 aromatic rings. The summed E-state index contributed by atoms with van der Waals surface area (Å²) in [7, 11) is 3.70. The van der Waals surface area contributed by atoms with E-state index in [-0.39, 0.29) is 17.3 Å². The van der Waals surface area contributed by atoms with Gasteiger partial charge in [0.15, 0.2) is 5.78 Å². The zero-order chi connectivity index (χ0) is 19.2. The molecule has 0 unspecified atom stereocenters. The van der Waals surface area contributed by atoms with E-state index in [9.17, 15) is 9.59 Å². The van der Waals surface area contributed by atoms with Gasteiger partial charge in [-0.15, -0.1) is 0 Å². The molecule has 5 nitrogen and oxygen atoms in total. The third-order valence-electron chi connectivity index (χ3n) is 4.02. The number of hydrazone groups is 1. The van der Waals surface area contributed by atoms with E-state index in [0.717, 1.165) is 5.69 Å². The van der Waals surface area contributed by atoms with Crippen molar-refractivity contribution in [3.05, 3.63) is 90.2 Å². The molecule has 0 atom stereocenters. The summed E-state index contributed by atoms with van der Waals surface area (Å²) < 4.78 is 0. The predicted molar refractivity (Wildman–Crippen MR) is 108 cm³/mol. The van der Waals surface area contributed by atoms with Gasteiger partial charge >= 0.3 is 0 Å². The summed E-state index contributed by atoms with van der Waals surface area (Å²) in [6, 6.07) is 18.5. The minimum Gasteiger partial charge on any atom is -0.383 e. The summed E-state index contributed by atoms with van der Waals surface area (Å²) in [4.78, 5) is 27.3. The monoisotopic (exact) mass is 359 g/mol.